The lowest BCUT2D eigenvalue weighted by Gasteiger charge is -2.28. The van der Waals surface area contributed by atoms with E-state index in [4.69, 9.17) is 0 Å². The van der Waals surface area contributed by atoms with Gasteiger partial charge < -0.3 is 10.2 Å². The summed E-state index contributed by atoms with van der Waals surface area (Å²) >= 11 is 0. The number of nitrogens with one attached hydrogen (secondary N) is 1. The second-order valence-electron chi connectivity index (χ2n) is 5.98. The van der Waals surface area contributed by atoms with Gasteiger partial charge in [0.1, 0.15) is 0 Å². The number of nitrogens with zero attached hydrogens (tertiary/aromatic N) is 1. The Bertz CT molecular complexity index is 259. The van der Waals surface area contributed by atoms with Crippen molar-refractivity contribution in [2.75, 3.05) is 20.1 Å². The Morgan fingerprint density at radius 1 is 1.06 bits per heavy atom. The van der Waals surface area contributed by atoms with Gasteiger partial charge in [-0.3, -0.25) is 4.79 Å². The van der Waals surface area contributed by atoms with Gasteiger partial charge in [-0.25, -0.2) is 0 Å². The summed E-state index contributed by atoms with van der Waals surface area (Å²) in [7, 11) is 1.91. The van der Waals surface area contributed by atoms with Gasteiger partial charge in [-0.05, 0) is 45.1 Å². The van der Waals surface area contributed by atoms with Crippen LogP contribution < -0.4 is 5.32 Å². The van der Waals surface area contributed by atoms with Crippen LogP contribution in [0.1, 0.15) is 57.8 Å². The van der Waals surface area contributed by atoms with Crippen molar-refractivity contribution in [1.82, 2.24) is 10.2 Å². The van der Waals surface area contributed by atoms with E-state index in [2.05, 4.69) is 10.2 Å². The zero-order valence-electron chi connectivity index (χ0n) is 11.8. The highest BCUT2D eigenvalue weighted by Crippen LogP contribution is 2.24. The Kier molecular flexibility index (Phi) is 5.48. The first-order chi connectivity index (χ1) is 8.81. The summed E-state index contributed by atoms with van der Waals surface area (Å²) in [6.07, 6.45) is 11.5. The summed E-state index contributed by atoms with van der Waals surface area (Å²) in [4.78, 5) is 14.5. The highest BCUT2D eigenvalue weighted by Gasteiger charge is 2.27. The van der Waals surface area contributed by atoms with Crippen molar-refractivity contribution in [2.24, 2.45) is 5.92 Å². The fraction of sp³-hybridized carbons (Fsp3) is 0.933. The van der Waals surface area contributed by atoms with Gasteiger partial charge in [0.2, 0.25) is 5.91 Å². The third-order valence-corrected chi connectivity index (χ3v) is 4.58. The minimum atomic E-state index is 0.0679. The van der Waals surface area contributed by atoms with Gasteiger partial charge in [-0.15, -0.1) is 0 Å². The first-order valence-corrected chi connectivity index (χ1v) is 7.77. The summed E-state index contributed by atoms with van der Waals surface area (Å²) in [6.45, 7) is 1.99. The Hall–Kier alpha value is -0.570. The number of amides is 1. The third-order valence-electron chi connectivity index (χ3n) is 4.58. The van der Waals surface area contributed by atoms with E-state index in [0.29, 0.717) is 5.91 Å². The monoisotopic (exact) mass is 252 g/mol. The molecule has 1 N–H and O–H groups in total. The van der Waals surface area contributed by atoms with Crippen LogP contribution in [0.25, 0.3) is 0 Å². The first-order valence-electron chi connectivity index (χ1n) is 7.77. The predicted octanol–water partition coefficient (Wildman–Crippen LogP) is 2.56. The maximum absolute atomic E-state index is 12.4. The van der Waals surface area contributed by atoms with Crippen LogP contribution in [0.3, 0.4) is 0 Å². The molecule has 0 radical (unpaired) electrons. The molecule has 2 rings (SSSR count). The van der Waals surface area contributed by atoms with Gasteiger partial charge in [0.15, 0.2) is 0 Å². The zero-order valence-corrected chi connectivity index (χ0v) is 11.8. The lowest BCUT2D eigenvalue weighted by Crippen LogP contribution is -2.45. The van der Waals surface area contributed by atoms with Crippen LogP contribution in [-0.2, 0) is 4.79 Å². The molecule has 0 bridgehead atoms. The zero-order chi connectivity index (χ0) is 12.8. The van der Waals surface area contributed by atoms with Crippen molar-refractivity contribution >= 4 is 5.91 Å². The number of rotatable bonds is 3. The molecule has 104 valence electrons. The molecule has 3 heteroatoms. The number of hydrogen-bond acceptors (Lipinski definition) is 2. The highest BCUT2D eigenvalue weighted by atomic mass is 16.2. The number of likely N-dealkylation sites (tertiary alicyclic amines) is 1. The molecule has 0 aromatic rings. The third kappa shape index (κ3) is 3.71. The smallest absolute Gasteiger partial charge is 0.239 e. The molecule has 1 aliphatic heterocycles. The molecule has 1 saturated carbocycles. The number of likely N-dealkylation sites (N-methyl/N-ethyl adjacent to an activating group) is 1. The molecule has 0 aromatic carbocycles. The van der Waals surface area contributed by atoms with E-state index in [0.717, 1.165) is 25.4 Å². The molecule has 1 aliphatic carbocycles. The summed E-state index contributed by atoms with van der Waals surface area (Å²) in [5.41, 5.74) is 0. The van der Waals surface area contributed by atoms with Gasteiger partial charge in [0, 0.05) is 13.1 Å². The van der Waals surface area contributed by atoms with Crippen molar-refractivity contribution < 1.29 is 4.79 Å². The van der Waals surface area contributed by atoms with Gasteiger partial charge in [0.05, 0.1) is 6.04 Å². The second kappa shape index (κ2) is 7.13. The summed E-state index contributed by atoms with van der Waals surface area (Å²) in [5.74, 6) is 1.10. The van der Waals surface area contributed by atoms with Crippen LogP contribution in [0.5, 0.6) is 0 Å². The van der Waals surface area contributed by atoms with E-state index < -0.39 is 0 Å². The summed E-state index contributed by atoms with van der Waals surface area (Å²) in [5, 5.41) is 3.18. The van der Waals surface area contributed by atoms with Gasteiger partial charge in [-0.2, -0.15) is 0 Å². The molecule has 0 aromatic heterocycles. The first kappa shape index (κ1) is 13.9. The van der Waals surface area contributed by atoms with Crippen LogP contribution in [0.15, 0.2) is 0 Å². The predicted molar refractivity (Wildman–Crippen MR) is 74.5 cm³/mol. The number of carbonyl (C=O) groups excluding carboxylic acids is 1. The molecule has 1 saturated heterocycles. The summed E-state index contributed by atoms with van der Waals surface area (Å²) in [6, 6.07) is 0.0679. The molecule has 1 atom stereocenters. The molecule has 2 aliphatic rings. The van der Waals surface area contributed by atoms with Crippen molar-refractivity contribution in [3.63, 3.8) is 0 Å². The van der Waals surface area contributed by atoms with Crippen LogP contribution in [0.2, 0.25) is 0 Å². The number of hydrogen-bond donors (Lipinski definition) is 1. The molecular formula is C15H28N2O. The Morgan fingerprint density at radius 3 is 2.39 bits per heavy atom. The standard InChI is InChI=1S/C15H28N2O/c1-16-14-10-6-7-11-17(15(14)18)12-13-8-4-2-3-5-9-13/h13-14,16H,2-12H2,1H3. The van der Waals surface area contributed by atoms with Crippen molar-refractivity contribution in [2.45, 2.75) is 63.8 Å². The molecule has 2 fully saturated rings. The molecular weight excluding hydrogens is 224 g/mol. The SMILES string of the molecule is CNC1CCCCN(CC2CCCCCC2)C1=O. The second-order valence-corrected chi connectivity index (χ2v) is 5.98. The van der Waals surface area contributed by atoms with Crippen LogP contribution >= 0.6 is 0 Å². The van der Waals surface area contributed by atoms with E-state index in [9.17, 15) is 4.79 Å². The van der Waals surface area contributed by atoms with E-state index in [-0.39, 0.29) is 6.04 Å². The van der Waals surface area contributed by atoms with E-state index in [1.54, 1.807) is 0 Å². The quantitative estimate of drug-likeness (QED) is 0.783. The van der Waals surface area contributed by atoms with E-state index in [1.165, 1.54) is 51.4 Å². The lowest BCUT2D eigenvalue weighted by atomic mass is 9.99. The topological polar surface area (TPSA) is 32.3 Å². The Labute approximate surface area is 111 Å². The average molecular weight is 252 g/mol. The maximum atomic E-state index is 12.4. The van der Waals surface area contributed by atoms with Crippen LogP contribution in [0, 0.1) is 5.92 Å². The molecule has 1 heterocycles. The fourth-order valence-electron chi connectivity index (χ4n) is 3.41. The van der Waals surface area contributed by atoms with Crippen LogP contribution in [0.4, 0.5) is 0 Å². The fourth-order valence-corrected chi connectivity index (χ4v) is 3.41. The largest absolute Gasteiger partial charge is 0.341 e. The van der Waals surface area contributed by atoms with Crippen molar-refractivity contribution in [3.05, 3.63) is 0 Å². The summed E-state index contributed by atoms with van der Waals surface area (Å²) < 4.78 is 0. The Morgan fingerprint density at radius 2 is 1.72 bits per heavy atom. The van der Waals surface area contributed by atoms with E-state index >= 15 is 0 Å². The highest BCUT2D eigenvalue weighted by molar-refractivity contribution is 5.82. The Balaban J connectivity index is 1.90. The number of carbonyl (C=O) groups is 1. The molecule has 18 heavy (non-hydrogen) atoms. The van der Waals surface area contributed by atoms with Gasteiger partial charge >= 0.3 is 0 Å². The van der Waals surface area contributed by atoms with Gasteiger partial charge in [0.25, 0.3) is 0 Å². The van der Waals surface area contributed by atoms with Crippen molar-refractivity contribution in [1.29, 1.82) is 0 Å². The van der Waals surface area contributed by atoms with Crippen LogP contribution in [-0.4, -0.2) is 37.0 Å². The molecule has 1 unspecified atom stereocenters. The lowest BCUT2D eigenvalue weighted by molar-refractivity contribution is -0.133. The maximum Gasteiger partial charge on any atom is 0.239 e. The minimum absolute atomic E-state index is 0.0679. The molecule has 0 spiro atoms. The normalized spacial score (nSPS) is 27.9. The molecule has 3 nitrogen and oxygen atoms in total. The average Bonchev–Trinajstić information content (AvgIpc) is 2.73. The van der Waals surface area contributed by atoms with E-state index in [1.807, 2.05) is 7.05 Å². The molecule has 1 amide bonds. The van der Waals surface area contributed by atoms with Crippen molar-refractivity contribution in [3.8, 4) is 0 Å². The van der Waals surface area contributed by atoms with Gasteiger partial charge in [-0.1, -0.05) is 25.7 Å². The minimum Gasteiger partial charge on any atom is -0.341 e.